The summed E-state index contributed by atoms with van der Waals surface area (Å²) in [5, 5.41) is 3.32. The van der Waals surface area contributed by atoms with Gasteiger partial charge in [0.15, 0.2) is 0 Å². The van der Waals surface area contributed by atoms with E-state index in [1.54, 1.807) is 6.07 Å². The fourth-order valence-electron chi connectivity index (χ4n) is 1.94. The third-order valence-electron chi connectivity index (χ3n) is 2.64. The molecule has 15 heavy (non-hydrogen) atoms. The van der Waals surface area contributed by atoms with Gasteiger partial charge in [-0.2, -0.15) is 0 Å². The van der Waals surface area contributed by atoms with Gasteiger partial charge in [0.25, 0.3) is 0 Å². The van der Waals surface area contributed by atoms with Gasteiger partial charge in [0, 0.05) is 16.7 Å². The standard InChI is InChI=1S/C11H14FNOS/c1-2-13-10-5-6-15(14)11-7-8(12)3-4-9(10)11/h3-4,7,10,13H,2,5-6H2,1H3. The van der Waals surface area contributed by atoms with Crippen molar-refractivity contribution in [3.8, 4) is 0 Å². The van der Waals surface area contributed by atoms with Gasteiger partial charge in [-0.05, 0) is 30.7 Å². The summed E-state index contributed by atoms with van der Waals surface area (Å²) in [5.74, 6) is 0.313. The van der Waals surface area contributed by atoms with Crippen molar-refractivity contribution in [2.45, 2.75) is 24.3 Å². The summed E-state index contributed by atoms with van der Waals surface area (Å²) < 4.78 is 24.7. The Labute approximate surface area is 91.3 Å². The van der Waals surface area contributed by atoms with Crippen LogP contribution in [0.4, 0.5) is 4.39 Å². The zero-order chi connectivity index (χ0) is 10.8. The maximum Gasteiger partial charge on any atom is 0.124 e. The molecule has 1 heterocycles. The molecule has 0 fully saturated rings. The molecule has 1 aromatic carbocycles. The van der Waals surface area contributed by atoms with E-state index in [9.17, 15) is 8.60 Å². The average molecular weight is 227 g/mol. The molecule has 0 aromatic heterocycles. The van der Waals surface area contributed by atoms with Gasteiger partial charge < -0.3 is 5.32 Å². The van der Waals surface area contributed by atoms with Crippen LogP contribution in [0.2, 0.25) is 0 Å². The van der Waals surface area contributed by atoms with Gasteiger partial charge in [0.1, 0.15) is 5.82 Å². The Morgan fingerprint density at radius 1 is 1.60 bits per heavy atom. The fraction of sp³-hybridized carbons (Fsp3) is 0.455. The predicted molar refractivity (Wildman–Crippen MR) is 58.7 cm³/mol. The number of nitrogens with one attached hydrogen (secondary N) is 1. The number of hydrogen-bond donors (Lipinski definition) is 1. The Bertz CT molecular complexity index is 394. The third-order valence-corrected chi connectivity index (χ3v) is 4.09. The van der Waals surface area contributed by atoms with Gasteiger partial charge in [-0.3, -0.25) is 4.21 Å². The molecule has 1 aliphatic rings. The predicted octanol–water partition coefficient (Wildman–Crippen LogP) is 1.99. The van der Waals surface area contributed by atoms with E-state index >= 15 is 0 Å². The van der Waals surface area contributed by atoms with E-state index in [0.29, 0.717) is 10.6 Å². The van der Waals surface area contributed by atoms with Crippen molar-refractivity contribution in [2.75, 3.05) is 12.3 Å². The van der Waals surface area contributed by atoms with E-state index in [1.165, 1.54) is 12.1 Å². The van der Waals surface area contributed by atoms with Gasteiger partial charge in [-0.25, -0.2) is 4.39 Å². The molecule has 1 aromatic rings. The van der Waals surface area contributed by atoms with Crippen LogP contribution >= 0.6 is 0 Å². The Morgan fingerprint density at radius 2 is 2.40 bits per heavy atom. The van der Waals surface area contributed by atoms with Gasteiger partial charge >= 0.3 is 0 Å². The third kappa shape index (κ3) is 2.11. The minimum Gasteiger partial charge on any atom is -0.310 e. The first kappa shape index (κ1) is 10.8. The second kappa shape index (κ2) is 4.41. The van der Waals surface area contributed by atoms with Crippen LogP contribution in [0.15, 0.2) is 23.1 Å². The molecule has 1 N–H and O–H groups in total. The van der Waals surface area contributed by atoms with Gasteiger partial charge in [-0.1, -0.05) is 13.0 Å². The van der Waals surface area contributed by atoms with Crippen molar-refractivity contribution >= 4 is 10.8 Å². The number of benzene rings is 1. The molecule has 0 amide bonds. The smallest absolute Gasteiger partial charge is 0.124 e. The molecule has 1 aliphatic heterocycles. The van der Waals surface area contributed by atoms with E-state index < -0.39 is 10.8 Å². The Kier molecular flexibility index (Phi) is 3.17. The number of hydrogen-bond acceptors (Lipinski definition) is 2. The maximum atomic E-state index is 13.0. The van der Waals surface area contributed by atoms with Gasteiger partial charge in [-0.15, -0.1) is 0 Å². The molecule has 0 radical (unpaired) electrons. The van der Waals surface area contributed by atoms with E-state index in [4.69, 9.17) is 0 Å². The lowest BCUT2D eigenvalue weighted by molar-refractivity contribution is 0.516. The highest BCUT2D eigenvalue weighted by molar-refractivity contribution is 7.85. The molecule has 0 aliphatic carbocycles. The first-order chi connectivity index (χ1) is 7.22. The summed E-state index contributed by atoms with van der Waals surface area (Å²) in [6.07, 6.45) is 0.860. The summed E-state index contributed by atoms with van der Waals surface area (Å²) in [6.45, 7) is 2.91. The summed E-state index contributed by atoms with van der Waals surface area (Å²) >= 11 is 0. The van der Waals surface area contributed by atoms with Crippen LogP contribution in [0.25, 0.3) is 0 Å². The molecule has 2 unspecified atom stereocenters. The first-order valence-corrected chi connectivity index (χ1v) is 6.45. The van der Waals surface area contributed by atoms with Crippen molar-refractivity contribution in [3.63, 3.8) is 0 Å². The molecule has 0 bridgehead atoms. The van der Waals surface area contributed by atoms with E-state index in [2.05, 4.69) is 5.32 Å². The van der Waals surface area contributed by atoms with E-state index in [0.717, 1.165) is 18.5 Å². The van der Waals surface area contributed by atoms with Crippen molar-refractivity contribution in [1.82, 2.24) is 5.32 Å². The van der Waals surface area contributed by atoms with Crippen LogP contribution in [0.3, 0.4) is 0 Å². The zero-order valence-electron chi connectivity index (χ0n) is 8.63. The Hall–Kier alpha value is -0.740. The SMILES string of the molecule is CCNC1CCS(=O)c2cc(F)ccc21. The fourth-order valence-corrected chi connectivity index (χ4v) is 3.33. The van der Waals surface area contributed by atoms with Gasteiger partial charge in [0.05, 0.1) is 10.8 Å². The van der Waals surface area contributed by atoms with Crippen molar-refractivity contribution in [3.05, 3.63) is 29.6 Å². The second-order valence-corrected chi connectivity index (χ2v) is 5.17. The van der Waals surface area contributed by atoms with Crippen LogP contribution in [0.1, 0.15) is 24.9 Å². The monoisotopic (exact) mass is 227 g/mol. The van der Waals surface area contributed by atoms with E-state index in [-0.39, 0.29) is 11.9 Å². The van der Waals surface area contributed by atoms with Crippen LogP contribution < -0.4 is 5.32 Å². The van der Waals surface area contributed by atoms with Crippen LogP contribution in [-0.2, 0) is 10.8 Å². The highest BCUT2D eigenvalue weighted by Gasteiger charge is 2.24. The molecule has 2 nitrogen and oxygen atoms in total. The van der Waals surface area contributed by atoms with Crippen molar-refractivity contribution < 1.29 is 8.60 Å². The second-order valence-electron chi connectivity index (χ2n) is 3.63. The lowest BCUT2D eigenvalue weighted by Gasteiger charge is -2.25. The minimum atomic E-state index is -1.03. The topological polar surface area (TPSA) is 29.1 Å². The maximum absolute atomic E-state index is 13.0. The molecule has 4 heteroatoms. The highest BCUT2D eigenvalue weighted by Crippen LogP contribution is 2.30. The van der Waals surface area contributed by atoms with Crippen LogP contribution in [0, 0.1) is 5.82 Å². The Morgan fingerprint density at radius 3 is 3.13 bits per heavy atom. The lowest BCUT2D eigenvalue weighted by atomic mass is 10.0. The average Bonchev–Trinajstić information content (AvgIpc) is 2.23. The van der Waals surface area contributed by atoms with Crippen LogP contribution in [0.5, 0.6) is 0 Å². The van der Waals surface area contributed by atoms with Crippen molar-refractivity contribution in [2.24, 2.45) is 0 Å². The quantitative estimate of drug-likeness (QED) is 0.837. The molecule has 0 spiro atoms. The summed E-state index contributed by atoms with van der Waals surface area (Å²) in [4.78, 5) is 0.659. The zero-order valence-corrected chi connectivity index (χ0v) is 9.44. The summed E-state index contributed by atoms with van der Waals surface area (Å²) in [6, 6.07) is 4.80. The minimum absolute atomic E-state index is 0.225. The van der Waals surface area contributed by atoms with E-state index in [1.807, 2.05) is 6.92 Å². The molecular weight excluding hydrogens is 213 g/mol. The summed E-state index contributed by atoms with van der Waals surface area (Å²) in [5.41, 5.74) is 0.989. The molecule has 0 saturated carbocycles. The number of fused-ring (bicyclic) bond motifs is 1. The molecule has 82 valence electrons. The Balaban J connectivity index is 2.41. The normalized spacial score (nSPS) is 24.9. The largest absolute Gasteiger partial charge is 0.310 e. The molecule has 2 atom stereocenters. The number of halogens is 1. The molecule has 2 rings (SSSR count). The number of rotatable bonds is 2. The molecular formula is C11H14FNOS. The summed E-state index contributed by atoms with van der Waals surface area (Å²) in [7, 11) is -1.03. The molecule has 0 saturated heterocycles. The highest BCUT2D eigenvalue weighted by atomic mass is 32.2. The van der Waals surface area contributed by atoms with Crippen LogP contribution in [-0.4, -0.2) is 16.5 Å². The van der Waals surface area contributed by atoms with Gasteiger partial charge in [0.2, 0.25) is 0 Å². The lowest BCUT2D eigenvalue weighted by Crippen LogP contribution is -2.27. The first-order valence-electron chi connectivity index (χ1n) is 5.13. The van der Waals surface area contributed by atoms with Crippen molar-refractivity contribution in [1.29, 1.82) is 0 Å².